The van der Waals surface area contributed by atoms with Gasteiger partial charge in [-0.25, -0.2) is 0 Å². The van der Waals surface area contributed by atoms with Gasteiger partial charge in [-0.1, -0.05) is 32.0 Å². The van der Waals surface area contributed by atoms with Crippen LogP contribution in [0.5, 0.6) is 0 Å². The molecule has 0 aromatic carbocycles. The molecule has 17 heavy (non-hydrogen) atoms. The zero-order valence-electron chi connectivity index (χ0n) is 11.4. The molecule has 2 nitrogen and oxygen atoms in total. The van der Waals surface area contributed by atoms with Gasteiger partial charge in [-0.15, -0.1) is 0 Å². The van der Waals surface area contributed by atoms with Crippen molar-refractivity contribution in [3.05, 3.63) is 0 Å². The molecule has 0 aromatic rings. The van der Waals surface area contributed by atoms with Crippen molar-refractivity contribution in [2.75, 3.05) is 0 Å². The van der Waals surface area contributed by atoms with E-state index >= 15 is 0 Å². The molecule has 0 amide bonds. The van der Waals surface area contributed by atoms with E-state index < -0.39 is 0 Å². The van der Waals surface area contributed by atoms with Crippen LogP contribution in [0.25, 0.3) is 0 Å². The highest BCUT2D eigenvalue weighted by Crippen LogP contribution is 2.30. The third kappa shape index (κ3) is 3.90. The molecule has 2 unspecified atom stereocenters. The Morgan fingerprint density at radius 2 is 1.94 bits per heavy atom. The molecule has 0 radical (unpaired) electrons. The first kappa shape index (κ1) is 13.3. The van der Waals surface area contributed by atoms with Gasteiger partial charge in [0.25, 0.3) is 0 Å². The number of thioether (sulfide) groups is 1. The first-order valence-electron chi connectivity index (χ1n) is 7.18. The fourth-order valence-electron chi connectivity index (χ4n) is 2.96. The molecule has 1 saturated heterocycles. The lowest BCUT2D eigenvalue weighted by Gasteiger charge is -2.30. The summed E-state index contributed by atoms with van der Waals surface area (Å²) in [7, 11) is 0. The van der Waals surface area contributed by atoms with Crippen molar-refractivity contribution >= 4 is 16.9 Å². The first-order chi connectivity index (χ1) is 8.17. The van der Waals surface area contributed by atoms with Gasteiger partial charge in [0.2, 0.25) is 0 Å². The molecule has 1 saturated carbocycles. The fourth-order valence-corrected chi connectivity index (χ4v) is 4.20. The van der Waals surface area contributed by atoms with Crippen molar-refractivity contribution in [2.24, 2.45) is 10.9 Å². The van der Waals surface area contributed by atoms with Crippen molar-refractivity contribution < 1.29 is 0 Å². The lowest BCUT2D eigenvalue weighted by atomic mass is 9.85. The van der Waals surface area contributed by atoms with Gasteiger partial charge in [-0.3, -0.25) is 4.99 Å². The van der Waals surface area contributed by atoms with Crippen molar-refractivity contribution in [1.82, 2.24) is 5.32 Å². The summed E-state index contributed by atoms with van der Waals surface area (Å²) < 4.78 is 0. The third-order valence-electron chi connectivity index (χ3n) is 4.06. The molecule has 1 N–H and O–H groups in total. The highest BCUT2D eigenvalue weighted by Gasteiger charge is 2.23. The van der Waals surface area contributed by atoms with Gasteiger partial charge >= 0.3 is 0 Å². The Labute approximate surface area is 110 Å². The smallest absolute Gasteiger partial charge is 0.157 e. The minimum atomic E-state index is 0.588. The number of rotatable bonds is 2. The van der Waals surface area contributed by atoms with Gasteiger partial charge in [0.05, 0.1) is 6.04 Å². The van der Waals surface area contributed by atoms with Gasteiger partial charge in [0.1, 0.15) is 0 Å². The van der Waals surface area contributed by atoms with Crippen molar-refractivity contribution in [3.8, 4) is 0 Å². The largest absolute Gasteiger partial charge is 0.362 e. The summed E-state index contributed by atoms with van der Waals surface area (Å²) in [6, 6.07) is 1.18. The standard InChI is InChI=1S/C14H26N2S/c1-4-12-5-7-13(8-6-12)16-14-15-10(2)9-11(3)17-14/h10-13H,4-9H2,1-3H3,(H,15,16). The molecule has 2 rings (SSSR count). The normalized spacial score (nSPS) is 41.2. The maximum Gasteiger partial charge on any atom is 0.157 e. The minimum absolute atomic E-state index is 0.588. The van der Waals surface area contributed by atoms with Crippen LogP contribution in [-0.4, -0.2) is 22.5 Å². The van der Waals surface area contributed by atoms with Gasteiger partial charge in [0, 0.05) is 11.3 Å². The van der Waals surface area contributed by atoms with Crippen LogP contribution in [0.15, 0.2) is 4.99 Å². The van der Waals surface area contributed by atoms with Crippen molar-refractivity contribution in [3.63, 3.8) is 0 Å². The molecule has 1 heterocycles. The number of nitrogens with one attached hydrogen (secondary N) is 1. The SMILES string of the molecule is CCC1CCC(N=C2NC(C)CC(C)S2)CC1. The molecule has 0 bridgehead atoms. The molecule has 0 spiro atoms. The quantitative estimate of drug-likeness (QED) is 0.810. The first-order valence-corrected chi connectivity index (χ1v) is 8.06. The summed E-state index contributed by atoms with van der Waals surface area (Å²) in [6.07, 6.45) is 7.97. The molecule has 98 valence electrons. The Kier molecular flexibility index (Phi) is 4.78. The molecule has 1 aliphatic carbocycles. The highest BCUT2D eigenvalue weighted by molar-refractivity contribution is 8.14. The summed E-state index contributed by atoms with van der Waals surface area (Å²) >= 11 is 1.93. The van der Waals surface area contributed by atoms with Crippen LogP contribution < -0.4 is 5.32 Å². The van der Waals surface area contributed by atoms with Crippen LogP contribution in [0.3, 0.4) is 0 Å². The monoisotopic (exact) mass is 254 g/mol. The second-order valence-corrected chi connectivity index (χ2v) is 7.15. The van der Waals surface area contributed by atoms with Crippen LogP contribution in [0, 0.1) is 5.92 Å². The van der Waals surface area contributed by atoms with Crippen molar-refractivity contribution in [2.45, 2.75) is 76.6 Å². The predicted octanol–water partition coefficient (Wildman–Crippen LogP) is 3.81. The Morgan fingerprint density at radius 3 is 2.53 bits per heavy atom. The van der Waals surface area contributed by atoms with Crippen molar-refractivity contribution in [1.29, 1.82) is 0 Å². The maximum atomic E-state index is 4.93. The topological polar surface area (TPSA) is 24.4 Å². The highest BCUT2D eigenvalue weighted by atomic mass is 32.2. The van der Waals surface area contributed by atoms with E-state index in [9.17, 15) is 0 Å². The van der Waals surface area contributed by atoms with Gasteiger partial charge in [0.15, 0.2) is 5.17 Å². The summed E-state index contributed by atoms with van der Waals surface area (Å²) in [5.74, 6) is 0.969. The fraction of sp³-hybridized carbons (Fsp3) is 0.929. The minimum Gasteiger partial charge on any atom is -0.362 e. The number of amidine groups is 1. The zero-order valence-corrected chi connectivity index (χ0v) is 12.2. The van der Waals surface area contributed by atoms with Crippen LogP contribution in [0.2, 0.25) is 0 Å². The van der Waals surface area contributed by atoms with Crippen LogP contribution >= 0.6 is 11.8 Å². The molecule has 1 aliphatic heterocycles. The van der Waals surface area contributed by atoms with E-state index in [1.165, 1.54) is 43.7 Å². The molecule has 2 atom stereocenters. The summed E-state index contributed by atoms with van der Waals surface area (Å²) in [5.41, 5.74) is 0. The summed E-state index contributed by atoms with van der Waals surface area (Å²) in [5, 5.41) is 5.46. The zero-order chi connectivity index (χ0) is 12.3. The van der Waals surface area contributed by atoms with E-state index in [1.807, 2.05) is 11.8 Å². The van der Waals surface area contributed by atoms with Gasteiger partial charge in [-0.05, 0) is 44.9 Å². The van der Waals surface area contributed by atoms with E-state index in [2.05, 4.69) is 26.1 Å². The Morgan fingerprint density at radius 1 is 1.24 bits per heavy atom. The Hall–Kier alpha value is -0.180. The van der Waals surface area contributed by atoms with Crippen LogP contribution in [-0.2, 0) is 0 Å². The number of hydrogen-bond donors (Lipinski definition) is 1. The van der Waals surface area contributed by atoms with E-state index in [1.54, 1.807) is 0 Å². The molecular formula is C14H26N2S. The third-order valence-corrected chi connectivity index (χ3v) is 5.10. The molecule has 2 fully saturated rings. The summed E-state index contributed by atoms with van der Waals surface area (Å²) in [4.78, 5) is 4.93. The lowest BCUT2D eigenvalue weighted by molar-refractivity contribution is 0.320. The molecule has 0 aromatic heterocycles. The second kappa shape index (κ2) is 6.12. The van der Waals surface area contributed by atoms with E-state index in [0.29, 0.717) is 12.1 Å². The Bertz CT molecular complexity index is 257. The average Bonchev–Trinajstić information content (AvgIpc) is 2.28. The van der Waals surface area contributed by atoms with Crippen LogP contribution in [0.1, 0.15) is 59.3 Å². The number of hydrogen-bond acceptors (Lipinski definition) is 2. The molecular weight excluding hydrogens is 228 g/mol. The number of aliphatic imine (C=N–C) groups is 1. The second-order valence-electron chi connectivity index (χ2n) is 5.73. The van der Waals surface area contributed by atoms with Gasteiger partial charge < -0.3 is 5.32 Å². The molecule has 3 heteroatoms. The van der Waals surface area contributed by atoms with Gasteiger partial charge in [-0.2, -0.15) is 0 Å². The molecule has 2 aliphatic rings. The van der Waals surface area contributed by atoms with E-state index in [4.69, 9.17) is 4.99 Å². The lowest BCUT2D eigenvalue weighted by Crippen LogP contribution is -2.39. The van der Waals surface area contributed by atoms with Crippen LogP contribution in [0.4, 0.5) is 0 Å². The maximum absolute atomic E-state index is 4.93. The Balaban J connectivity index is 1.87. The summed E-state index contributed by atoms with van der Waals surface area (Å²) in [6.45, 7) is 6.89. The predicted molar refractivity (Wildman–Crippen MR) is 77.7 cm³/mol. The van der Waals surface area contributed by atoms with E-state index in [0.717, 1.165) is 11.2 Å². The number of nitrogens with zero attached hydrogens (tertiary/aromatic N) is 1. The van der Waals surface area contributed by atoms with E-state index in [-0.39, 0.29) is 0 Å². The average molecular weight is 254 g/mol.